The molecule has 0 atom stereocenters. The zero-order valence-corrected chi connectivity index (χ0v) is 22.5. The predicted molar refractivity (Wildman–Crippen MR) is 154 cm³/mol. The number of aryl methyl sites for hydroxylation is 1. The lowest BCUT2D eigenvalue weighted by Crippen LogP contribution is -2.48. The number of hydrogen-bond acceptors (Lipinski definition) is 5. The number of amides is 2. The summed E-state index contributed by atoms with van der Waals surface area (Å²) >= 11 is 1.56. The van der Waals surface area contributed by atoms with E-state index in [1.54, 1.807) is 11.3 Å². The zero-order valence-electron chi connectivity index (χ0n) is 21.7. The Morgan fingerprint density at radius 2 is 1.74 bits per heavy atom. The molecule has 1 fully saturated rings. The Morgan fingerprint density at radius 1 is 1.00 bits per heavy atom. The average Bonchev–Trinajstić information content (AvgIpc) is 3.53. The van der Waals surface area contributed by atoms with E-state index in [2.05, 4.69) is 21.3 Å². The van der Waals surface area contributed by atoms with Crippen LogP contribution in [0.25, 0.3) is 16.5 Å². The maximum Gasteiger partial charge on any atom is 0.257 e. The molecule has 192 valence electrons. The fourth-order valence-electron chi connectivity index (χ4n) is 4.79. The first-order chi connectivity index (χ1) is 18.3. The normalized spacial score (nSPS) is 13.3. The van der Waals surface area contributed by atoms with Gasteiger partial charge < -0.3 is 20.1 Å². The molecule has 0 bridgehead atoms. The molecule has 2 N–H and O–H groups in total. The maximum atomic E-state index is 13.3. The van der Waals surface area contributed by atoms with Crippen LogP contribution in [0.5, 0.6) is 0 Å². The van der Waals surface area contributed by atoms with E-state index in [4.69, 9.17) is 5.26 Å². The van der Waals surface area contributed by atoms with Crippen LogP contribution in [0.15, 0.2) is 64.9 Å². The largest absolute Gasteiger partial charge is 0.368 e. The Morgan fingerprint density at radius 3 is 2.37 bits per heavy atom. The number of aromatic nitrogens is 1. The van der Waals surface area contributed by atoms with Crippen molar-refractivity contribution in [1.29, 1.82) is 5.26 Å². The summed E-state index contributed by atoms with van der Waals surface area (Å²) in [6.45, 7) is 8.54. The van der Waals surface area contributed by atoms with Crippen molar-refractivity contribution in [3.05, 3.63) is 87.2 Å². The third-order valence-corrected chi connectivity index (χ3v) is 7.76. The molecular formula is C30H29N5O2S. The van der Waals surface area contributed by atoms with Crippen LogP contribution in [0.2, 0.25) is 0 Å². The van der Waals surface area contributed by atoms with Gasteiger partial charge in [0.25, 0.3) is 11.8 Å². The van der Waals surface area contributed by atoms with Gasteiger partial charge in [-0.25, -0.2) is 0 Å². The minimum atomic E-state index is -0.158. The minimum absolute atomic E-state index is 0.00208. The maximum absolute atomic E-state index is 13.3. The van der Waals surface area contributed by atoms with E-state index in [1.807, 2.05) is 85.0 Å². The highest BCUT2D eigenvalue weighted by atomic mass is 32.1. The fraction of sp³-hybridized carbons (Fsp3) is 0.233. The van der Waals surface area contributed by atoms with Crippen LogP contribution in [0, 0.1) is 18.3 Å². The van der Waals surface area contributed by atoms with Crippen LogP contribution in [0.3, 0.4) is 0 Å². The van der Waals surface area contributed by atoms with Crippen molar-refractivity contribution in [3.8, 4) is 6.07 Å². The van der Waals surface area contributed by atoms with E-state index in [0.717, 1.165) is 52.2 Å². The lowest BCUT2D eigenvalue weighted by Gasteiger charge is -2.36. The second-order valence-corrected chi connectivity index (χ2v) is 10.5. The van der Waals surface area contributed by atoms with Crippen molar-refractivity contribution in [2.75, 3.05) is 36.4 Å². The lowest BCUT2D eigenvalue weighted by atomic mass is 10.1. The summed E-state index contributed by atoms with van der Waals surface area (Å²) in [5.41, 5.74) is 7.29. The minimum Gasteiger partial charge on any atom is -0.368 e. The molecule has 2 amide bonds. The number of hydrogen-bond donors (Lipinski definition) is 2. The van der Waals surface area contributed by atoms with Crippen LogP contribution in [0.1, 0.15) is 41.0 Å². The molecule has 1 saturated heterocycles. The summed E-state index contributed by atoms with van der Waals surface area (Å²) in [5, 5.41) is 16.9. The van der Waals surface area contributed by atoms with Crippen LogP contribution in [0.4, 0.5) is 11.4 Å². The molecule has 7 nitrogen and oxygen atoms in total. The third-order valence-electron chi connectivity index (χ3n) is 6.90. The highest BCUT2D eigenvalue weighted by molar-refractivity contribution is 7.08. The zero-order chi connectivity index (χ0) is 26.8. The standard InChI is InChI=1S/C30H29N5O2S/c1-19(2)28(29(36)33-27-18-38-17-20(27)3)26-15-23-14-22(6-9-25(23)32-26)30(37)35-12-10-34(11-13-35)24-7-4-21(16-31)5-8-24/h4-9,14-15,17-18,32H,10-13H2,1-3H3,(H,33,36). The van der Waals surface area contributed by atoms with E-state index in [0.29, 0.717) is 29.8 Å². The van der Waals surface area contributed by atoms with Crippen LogP contribution in [-0.4, -0.2) is 47.9 Å². The molecule has 2 aromatic carbocycles. The number of carbonyl (C=O) groups is 2. The van der Waals surface area contributed by atoms with Gasteiger partial charge in [-0.3, -0.25) is 9.59 Å². The number of benzene rings is 2. The van der Waals surface area contributed by atoms with Crippen LogP contribution >= 0.6 is 11.3 Å². The molecule has 4 aromatic rings. The van der Waals surface area contributed by atoms with Gasteiger partial charge in [-0.15, -0.1) is 11.3 Å². The molecule has 1 aliphatic rings. The monoisotopic (exact) mass is 523 g/mol. The van der Waals surface area contributed by atoms with Gasteiger partial charge in [0.1, 0.15) is 0 Å². The number of rotatable bonds is 5. The number of allylic oxidation sites excluding steroid dienone is 1. The summed E-state index contributed by atoms with van der Waals surface area (Å²) in [6.07, 6.45) is 0. The third kappa shape index (κ3) is 5.06. The number of H-pyrrole nitrogens is 1. The second kappa shape index (κ2) is 10.6. The molecule has 0 radical (unpaired) electrons. The highest BCUT2D eigenvalue weighted by Gasteiger charge is 2.23. The molecule has 0 spiro atoms. The number of fused-ring (bicyclic) bond motifs is 1. The van der Waals surface area contributed by atoms with E-state index < -0.39 is 0 Å². The summed E-state index contributed by atoms with van der Waals surface area (Å²) in [6, 6.07) is 17.3. The van der Waals surface area contributed by atoms with Crippen molar-refractivity contribution < 1.29 is 9.59 Å². The molecular weight excluding hydrogens is 494 g/mol. The summed E-state index contributed by atoms with van der Waals surface area (Å²) in [4.78, 5) is 34.0. The van der Waals surface area contributed by atoms with E-state index in [-0.39, 0.29) is 11.8 Å². The number of thiophene rings is 1. The van der Waals surface area contributed by atoms with Gasteiger partial charge in [0.2, 0.25) is 0 Å². The van der Waals surface area contributed by atoms with Crippen LogP contribution in [-0.2, 0) is 4.79 Å². The Kier molecular flexibility index (Phi) is 7.03. The summed E-state index contributed by atoms with van der Waals surface area (Å²) in [7, 11) is 0. The van der Waals surface area contributed by atoms with Gasteiger partial charge in [0.05, 0.1) is 28.6 Å². The van der Waals surface area contributed by atoms with Crippen molar-refractivity contribution in [1.82, 2.24) is 9.88 Å². The molecule has 38 heavy (non-hydrogen) atoms. The average molecular weight is 524 g/mol. The Hall–Kier alpha value is -4.35. The Balaban J connectivity index is 1.30. The number of aromatic amines is 1. The van der Waals surface area contributed by atoms with E-state index in [9.17, 15) is 9.59 Å². The van der Waals surface area contributed by atoms with Gasteiger partial charge in [-0.05, 0) is 80.2 Å². The van der Waals surface area contributed by atoms with Crippen molar-refractivity contribution in [2.24, 2.45) is 0 Å². The van der Waals surface area contributed by atoms with Gasteiger partial charge >= 0.3 is 0 Å². The number of nitrogens with one attached hydrogen (secondary N) is 2. The van der Waals surface area contributed by atoms with Gasteiger partial charge in [-0.1, -0.05) is 5.57 Å². The first-order valence-corrected chi connectivity index (χ1v) is 13.5. The number of piperazine rings is 1. The molecule has 0 unspecified atom stereocenters. The van der Waals surface area contributed by atoms with Gasteiger partial charge in [0.15, 0.2) is 0 Å². The lowest BCUT2D eigenvalue weighted by molar-refractivity contribution is -0.111. The second-order valence-electron chi connectivity index (χ2n) is 9.72. The summed E-state index contributed by atoms with van der Waals surface area (Å²) < 4.78 is 0. The highest BCUT2D eigenvalue weighted by Crippen LogP contribution is 2.28. The molecule has 5 rings (SSSR count). The van der Waals surface area contributed by atoms with E-state index >= 15 is 0 Å². The molecule has 2 aromatic heterocycles. The predicted octanol–water partition coefficient (Wildman–Crippen LogP) is 5.80. The quantitative estimate of drug-likeness (QED) is 0.323. The first kappa shape index (κ1) is 25.3. The Bertz CT molecular complexity index is 1580. The molecule has 3 heterocycles. The number of anilines is 2. The smallest absolute Gasteiger partial charge is 0.257 e. The molecule has 8 heteroatoms. The van der Waals surface area contributed by atoms with Crippen molar-refractivity contribution in [2.45, 2.75) is 20.8 Å². The molecule has 0 saturated carbocycles. The number of nitriles is 1. The first-order valence-electron chi connectivity index (χ1n) is 12.5. The number of nitrogens with zero attached hydrogens (tertiary/aromatic N) is 3. The Labute approximate surface area is 226 Å². The van der Waals surface area contributed by atoms with Crippen LogP contribution < -0.4 is 10.2 Å². The number of carbonyl (C=O) groups excluding carboxylic acids is 2. The van der Waals surface area contributed by atoms with Crippen molar-refractivity contribution >= 4 is 51.0 Å². The van der Waals surface area contributed by atoms with E-state index in [1.165, 1.54) is 0 Å². The fourth-order valence-corrected chi connectivity index (χ4v) is 5.57. The SMILES string of the molecule is CC(C)=C(C(=O)Nc1cscc1C)c1cc2cc(C(=O)N3CCN(c4ccc(C#N)cc4)CC3)ccc2[nH]1. The topological polar surface area (TPSA) is 92.2 Å². The van der Waals surface area contributed by atoms with Gasteiger partial charge in [0, 0.05) is 53.7 Å². The molecule has 0 aliphatic carbocycles. The molecule has 1 aliphatic heterocycles. The van der Waals surface area contributed by atoms with Crippen molar-refractivity contribution in [3.63, 3.8) is 0 Å². The summed E-state index contributed by atoms with van der Waals surface area (Å²) in [5.74, 6) is -0.156. The van der Waals surface area contributed by atoms with Gasteiger partial charge in [-0.2, -0.15) is 5.26 Å².